The Labute approximate surface area is 128 Å². The molecule has 1 saturated carbocycles. The number of benzene rings is 1. The molecular formula is C15H18N4OS. The maximum Gasteiger partial charge on any atom is 0.271 e. The summed E-state index contributed by atoms with van der Waals surface area (Å²) in [4.78, 5) is 18.3. The summed E-state index contributed by atoms with van der Waals surface area (Å²) in [6.07, 6.45) is 2.16. The Morgan fingerprint density at radius 2 is 2.19 bits per heavy atom. The summed E-state index contributed by atoms with van der Waals surface area (Å²) >= 11 is 1.44. The van der Waals surface area contributed by atoms with Crippen molar-refractivity contribution >= 4 is 33.8 Å². The van der Waals surface area contributed by atoms with Crippen molar-refractivity contribution in [1.29, 1.82) is 0 Å². The Bertz CT molecular complexity index is 649. The van der Waals surface area contributed by atoms with E-state index in [-0.39, 0.29) is 5.91 Å². The van der Waals surface area contributed by atoms with E-state index >= 15 is 0 Å². The van der Waals surface area contributed by atoms with Crippen molar-refractivity contribution in [3.63, 3.8) is 0 Å². The maximum absolute atomic E-state index is 11.9. The lowest BCUT2D eigenvalue weighted by Gasteiger charge is -2.13. The zero-order valence-corrected chi connectivity index (χ0v) is 12.9. The lowest BCUT2D eigenvalue weighted by Crippen LogP contribution is -2.25. The molecule has 0 radical (unpaired) electrons. The molecule has 0 aliphatic heterocycles. The van der Waals surface area contributed by atoms with Crippen LogP contribution in [0.1, 0.15) is 23.3 Å². The predicted octanol–water partition coefficient (Wildman–Crippen LogP) is 2.84. The summed E-state index contributed by atoms with van der Waals surface area (Å²) in [5, 5.41) is 8.70. The summed E-state index contributed by atoms with van der Waals surface area (Å²) < 4.78 is 0. The van der Waals surface area contributed by atoms with Crippen LogP contribution in [-0.2, 0) is 0 Å². The average molecular weight is 302 g/mol. The van der Waals surface area contributed by atoms with E-state index in [1.165, 1.54) is 11.3 Å². The van der Waals surface area contributed by atoms with Crippen molar-refractivity contribution in [1.82, 2.24) is 10.3 Å². The van der Waals surface area contributed by atoms with Crippen molar-refractivity contribution in [3.05, 3.63) is 35.3 Å². The fraction of sp³-hybridized carbons (Fsp3) is 0.333. The van der Waals surface area contributed by atoms with E-state index in [0.717, 1.165) is 29.3 Å². The quantitative estimate of drug-likeness (QED) is 0.891. The molecule has 0 atom stereocenters. The zero-order valence-electron chi connectivity index (χ0n) is 12.1. The van der Waals surface area contributed by atoms with Crippen LogP contribution in [0, 0.1) is 0 Å². The van der Waals surface area contributed by atoms with Crippen LogP contribution in [0.3, 0.4) is 0 Å². The molecule has 0 unspecified atom stereocenters. The Hall–Kier alpha value is -2.08. The number of anilines is 3. The minimum atomic E-state index is -0.0798. The van der Waals surface area contributed by atoms with Gasteiger partial charge in [0.15, 0.2) is 5.13 Å². The second-order valence-electron chi connectivity index (χ2n) is 5.36. The standard InChI is InChI=1S/C15H18N4OS/c1-19(2)12-5-3-4-11(8-12)17-15-18-13(9-21-15)14(20)16-10-6-7-10/h3-5,8-10H,6-7H2,1-2H3,(H,16,20)(H,17,18). The van der Waals surface area contributed by atoms with E-state index in [0.29, 0.717) is 11.7 Å². The summed E-state index contributed by atoms with van der Waals surface area (Å²) in [5.74, 6) is -0.0798. The minimum absolute atomic E-state index is 0.0798. The van der Waals surface area contributed by atoms with Crippen LogP contribution >= 0.6 is 11.3 Å². The molecule has 5 nitrogen and oxygen atoms in total. The van der Waals surface area contributed by atoms with Gasteiger partial charge in [-0.05, 0) is 31.0 Å². The fourth-order valence-corrected chi connectivity index (χ4v) is 2.62. The Kier molecular flexibility index (Phi) is 3.79. The first-order chi connectivity index (χ1) is 10.1. The Morgan fingerprint density at radius 3 is 2.90 bits per heavy atom. The predicted molar refractivity (Wildman–Crippen MR) is 86.7 cm³/mol. The van der Waals surface area contributed by atoms with Crippen LogP contribution < -0.4 is 15.5 Å². The van der Waals surface area contributed by atoms with Gasteiger partial charge in [-0.1, -0.05) is 6.07 Å². The molecule has 1 heterocycles. The summed E-state index contributed by atoms with van der Waals surface area (Å²) in [7, 11) is 4.01. The molecule has 6 heteroatoms. The van der Waals surface area contributed by atoms with Crippen molar-refractivity contribution in [2.24, 2.45) is 0 Å². The molecule has 21 heavy (non-hydrogen) atoms. The summed E-state index contributed by atoms with van der Waals surface area (Å²) in [6.45, 7) is 0. The second-order valence-corrected chi connectivity index (χ2v) is 6.21. The van der Waals surface area contributed by atoms with Crippen LogP contribution in [0.25, 0.3) is 0 Å². The van der Waals surface area contributed by atoms with Gasteiger partial charge in [-0.2, -0.15) is 0 Å². The summed E-state index contributed by atoms with van der Waals surface area (Å²) in [6, 6.07) is 8.42. The van der Waals surface area contributed by atoms with Gasteiger partial charge in [0.2, 0.25) is 0 Å². The number of aromatic nitrogens is 1. The Morgan fingerprint density at radius 1 is 1.38 bits per heavy atom. The highest BCUT2D eigenvalue weighted by molar-refractivity contribution is 7.14. The van der Waals surface area contributed by atoms with Gasteiger partial charge in [-0.3, -0.25) is 4.79 Å². The highest BCUT2D eigenvalue weighted by Gasteiger charge is 2.24. The van der Waals surface area contributed by atoms with E-state index in [2.05, 4.69) is 15.6 Å². The number of nitrogens with zero attached hydrogens (tertiary/aromatic N) is 2. The number of rotatable bonds is 5. The van der Waals surface area contributed by atoms with Crippen molar-refractivity contribution < 1.29 is 4.79 Å². The number of carbonyl (C=O) groups excluding carboxylic acids is 1. The van der Waals surface area contributed by atoms with Crippen LogP contribution in [0.2, 0.25) is 0 Å². The van der Waals surface area contributed by atoms with Crippen LogP contribution in [-0.4, -0.2) is 31.0 Å². The lowest BCUT2D eigenvalue weighted by molar-refractivity contribution is 0.0947. The molecule has 3 rings (SSSR count). The maximum atomic E-state index is 11.9. The van der Waals surface area contributed by atoms with E-state index in [9.17, 15) is 4.79 Å². The molecule has 1 amide bonds. The van der Waals surface area contributed by atoms with Crippen LogP contribution in [0.4, 0.5) is 16.5 Å². The third-order valence-electron chi connectivity index (χ3n) is 3.26. The van der Waals surface area contributed by atoms with Gasteiger partial charge in [0.1, 0.15) is 5.69 Å². The number of hydrogen-bond donors (Lipinski definition) is 2. The van der Waals surface area contributed by atoms with E-state index in [1.54, 1.807) is 5.38 Å². The number of amides is 1. The van der Waals surface area contributed by atoms with Gasteiger partial charge in [0.25, 0.3) is 5.91 Å². The van der Waals surface area contributed by atoms with Gasteiger partial charge in [-0.25, -0.2) is 4.98 Å². The molecule has 1 aromatic heterocycles. The van der Waals surface area contributed by atoms with Gasteiger partial charge < -0.3 is 15.5 Å². The second kappa shape index (κ2) is 5.73. The first-order valence-corrected chi connectivity index (χ1v) is 7.80. The monoisotopic (exact) mass is 302 g/mol. The minimum Gasteiger partial charge on any atom is -0.378 e. The normalized spacial score (nSPS) is 13.8. The molecule has 1 aromatic carbocycles. The van der Waals surface area contributed by atoms with E-state index in [4.69, 9.17) is 0 Å². The third kappa shape index (κ3) is 3.52. The molecule has 0 saturated heterocycles. The Balaban J connectivity index is 1.68. The lowest BCUT2D eigenvalue weighted by atomic mass is 10.2. The fourth-order valence-electron chi connectivity index (χ4n) is 1.91. The topological polar surface area (TPSA) is 57.3 Å². The van der Waals surface area contributed by atoms with Crippen LogP contribution in [0.15, 0.2) is 29.6 Å². The molecule has 1 fully saturated rings. The van der Waals surface area contributed by atoms with Gasteiger partial charge in [0, 0.05) is 36.9 Å². The molecule has 2 aromatic rings. The van der Waals surface area contributed by atoms with Crippen LogP contribution in [0.5, 0.6) is 0 Å². The highest BCUT2D eigenvalue weighted by atomic mass is 32.1. The number of carbonyl (C=O) groups is 1. The molecule has 0 bridgehead atoms. The zero-order chi connectivity index (χ0) is 14.8. The summed E-state index contributed by atoms with van der Waals surface area (Å²) in [5.41, 5.74) is 2.56. The molecule has 110 valence electrons. The molecule has 1 aliphatic carbocycles. The van der Waals surface area contributed by atoms with Gasteiger partial charge >= 0.3 is 0 Å². The first-order valence-electron chi connectivity index (χ1n) is 6.92. The number of nitrogens with one attached hydrogen (secondary N) is 2. The van der Waals surface area contributed by atoms with Crippen molar-refractivity contribution in [2.45, 2.75) is 18.9 Å². The SMILES string of the molecule is CN(C)c1cccc(Nc2nc(C(=O)NC3CC3)cs2)c1. The van der Waals surface area contributed by atoms with Crippen molar-refractivity contribution in [2.75, 3.05) is 24.3 Å². The molecule has 1 aliphatic rings. The smallest absolute Gasteiger partial charge is 0.271 e. The largest absolute Gasteiger partial charge is 0.378 e. The van der Waals surface area contributed by atoms with Gasteiger partial charge in [-0.15, -0.1) is 11.3 Å². The molecule has 2 N–H and O–H groups in total. The first kappa shape index (κ1) is 13.9. The molecule has 0 spiro atoms. The average Bonchev–Trinajstić information content (AvgIpc) is 3.15. The third-order valence-corrected chi connectivity index (χ3v) is 4.02. The van der Waals surface area contributed by atoms with E-state index < -0.39 is 0 Å². The molecular weight excluding hydrogens is 284 g/mol. The number of thiazole rings is 1. The van der Waals surface area contributed by atoms with Gasteiger partial charge in [0.05, 0.1) is 0 Å². The van der Waals surface area contributed by atoms with E-state index in [1.807, 2.05) is 43.3 Å². The number of hydrogen-bond acceptors (Lipinski definition) is 5. The highest BCUT2D eigenvalue weighted by Crippen LogP contribution is 2.25. The van der Waals surface area contributed by atoms with Crippen molar-refractivity contribution in [3.8, 4) is 0 Å².